The van der Waals surface area contributed by atoms with Crippen molar-refractivity contribution in [1.29, 1.82) is 0 Å². The molecule has 0 bridgehead atoms. The van der Waals surface area contributed by atoms with Gasteiger partial charge in [0.05, 0.1) is 11.1 Å². The van der Waals surface area contributed by atoms with Crippen LogP contribution in [-0.2, 0) is 6.18 Å². The fourth-order valence-corrected chi connectivity index (χ4v) is 1.97. The van der Waals surface area contributed by atoms with Crippen LogP contribution >= 0.6 is 12.2 Å². The highest BCUT2D eigenvalue weighted by Crippen LogP contribution is 2.33. The van der Waals surface area contributed by atoms with E-state index in [1.807, 2.05) is 0 Å². The van der Waals surface area contributed by atoms with Crippen molar-refractivity contribution >= 4 is 17.2 Å². The number of rotatable bonds is 3. The fourth-order valence-electron chi connectivity index (χ4n) is 1.81. The van der Waals surface area contributed by atoms with E-state index < -0.39 is 11.7 Å². The van der Waals surface area contributed by atoms with Crippen molar-refractivity contribution in [2.24, 2.45) is 5.73 Å². The van der Waals surface area contributed by atoms with Gasteiger partial charge in [-0.2, -0.15) is 13.2 Å². The summed E-state index contributed by atoms with van der Waals surface area (Å²) in [5.74, 6) is 0.736. The zero-order valence-electron chi connectivity index (χ0n) is 11.1. The number of hydrogen-bond donors (Lipinski definition) is 1. The van der Waals surface area contributed by atoms with Gasteiger partial charge in [0.15, 0.2) is 0 Å². The van der Waals surface area contributed by atoms with E-state index in [0.29, 0.717) is 11.3 Å². The Bertz CT molecular complexity index is 666. The molecule has 2 aromatic carbocycles. The maximum atomic E-state index is 12.5. The quantitative estimate of drug-likeness (QED) is 0.851. The van der Waals surface area contributed by atoms with Crippen molar-refractivity contribution in [3.05, 3.63) is 59.2 Å². The average molecular weight is 311 g/mol. The fraction of sp³-hybridized carbons (Fsp3) is 0.133. The van der Waals surface area contributed by atoms with Gasteiger partial charge in [-0.1, -0.05) is 24.4 Å². The van der Waals surface area contributed by atoms with Crippen molar-refractivity contribution in [2.75, 3.05) is 0 Å². The van der Waals surface area contributed by atoms with E-state index in [-0.39, 0.29) is 10.7 Å². The summed E-state index contributed by atoms with van der Waals surface area (Å²) in [6.07, 6.45) is -4.37. The molecule has 2 rings (SSSR count). The standard InChI is InChI=1S/C15H12F3NOS/c1-9-3-2-4-12(14(19)21)13(9)20-11-7-5-10(6-8-11)15(16,17)18/h2-8H,1H3,(H2,19,21). The minimum Gasteiger partial charge on any atom is -0.456 e. The molecule has 0 heterocycles. The molecule has 2 aromatic rings. The number of para-hydroxylation sites is 1. The van der Waals surface area contributed by atoms with Gasteiger partial charge >= 0.3 is 6.18 Å². The third-order valence-corrected chi connectivity index (χ3v) is 3.10. The zero-order chi connectivity index (χ0) is 15.6. The molecule has 0 aliphatic carbocycles. The maximum Gasteiger partial charge on any atom is 0.416 e. The SMILES string of the molecule is Cc1cccc(C(N)=S)c1Oc1ccc(C(F)(F)F)cc1. The second kappa shape index (κ2) is 5.73. The maximum absolute atomic E-state index is 12.5. The molecule has 0 unspecified atom stereocenters. The summed E-state index contributed by atoms with van der Waals surface area (Å²) in [6, 6.07) is 9.75. The first-order valence-corrected chi connectivity index (χ1v) is 6.44. The Labute approximate surface area is 125 Å². The van der Waals surface area contributed by atoms with Crippen LogP contribution in [0.4, 0.5) is 13.2 Å². The van der Waals surface area contributed by atoms with Gasteiger partial charge in [-0.05, 0) is 42.8 Å². The van der Waals surface area contributed by atoms with E-state index in [9.17, 15) is 13.2 Å². The van der Waals surface area contributed by atoms with Crippen molar-refractivity contribution in [2.45, 2.75) is 13.1 Å². The summed E-state index contributed by atoms with van der Waals surface area (Å²) in [5.41, 5.74) is 6.23. The Balaban J connectivity index is 2.33. The smallest absolute Gasteiger partial charge is 0.416 e. The van der Waals surface area contributed by atoms with E-state index in [1.54, 1.807) is 25.1 Å². The molecule has 2 N–H and O–H groups in total. The summed E-state index contributed by atoms with van der Waals surface area (Å²) >= 11 is 4.94. The molecule has 0 saturated heterocycles. The van der Waals surface area contributed by atoms with Crippen LogP contribution < -0.4 is 10.5 Å². The molecule has 0 amide bonds. The lowest BCUT2D eigenvalue weighted by Crippen LogP contribution is -2.11. The molecule has 2 nitrogen and oxygen atoms in total. The highest BCUT2D eigenvalue weighted by Gasteiger charge is 2.30. The van der Waals surface area contributed by atoms with Crippen LogP contribution in [-0.4, -0.2) is 4.99 Å². The molecule has 0 fully saturated rings. The highest BCUT2D eigenvalue weighted by atomic mass is 32.1. The first-order chi connectivity index (χ1) is 9.79. The molecule has 0 radical (unpaired) electrons. The van der Waals surface area contributed by atoms with Crippen molar-refractivity contribution in [3.63, 3.8) is 0 Å². The predicted molar refractivity (Wildman–Crippen MR) is 78.6 cm³/mol. The number of hydrogen-bond acceptors (Lipinski definition) is 2. The average Bonchev–Trinajstić information content (AvgIpc) is 2.40. The van der Waals surface area contributed by atoms with Crippen molar-refractivity contribution in [3.8, 4) is 11.5 Å². The minimum absolute atomic E-state index is 0.167. The largest absolute Gasteiger partial charge is 0.456 e. The van der Waals surface area contributed by atoms with Gasteiger partial charge < -0.3 is 10.5 Å². The predicted octanol–water partition coefficient (Wildman–Crippen LogP) is 4.44. The van der Waals surface area contributed by atoms with Gasteiger partial charge in [0.2, 0.25) is 0 Å². The van der Waals surface area contributed by atoms with Crippen molar-refractivity contribution < 1.29 is 17.9 Å². The number of aryl methyl sites for hydroxylation is 1. The number of benzene rings is 2. The summed E-state index contributed by atoms with van der Waals surface area (Å²) in [5, 5.41) is 0. The molecular formula is C15H12F3NOS. The summed E-state index contributed by atoms with van der Waals surface area (Å²) in [7, 11) is 0. The van der Waals surface area contributed by atoms with E-state index in [2.05, 4.69) is 0 Å². The van der Waals surface area contributed by atoms with Gasteiger partial charge in [0.1, 0.15) is 16.5 Å². The molecule has 6 heteroatoms. The Morgan fingerprint density at radius 3 is 2.24 bits per heavy atom. The van der Waals surface area contributed by atoms with Crippen molar-refractivity contribution in [1.82, 2.24) is 0 Å². The number of alkyl halides is 3. The number of ether oxygens (including phenoxy) is 1. The van der Waals surface area contributed by atoms with Crippen LogP contribution in [0.1, 0.15) is 16.7 Å². The van der Waals surface area contributed by atoms with Gasteiger partial charge in [0.25, 0.3) is 0 Å². The van der Waals surface area contributed by atoms with Crippen LogP contribution in [0.25, 0.3) is 0 Å². The Kier molecular flexibility index (Phi) is 4.18. The number of nitrogens with two attached hydrogens (primary N) is 1. The molecule has 21 heavy (non-hydrogen) atoms. The van der Waals surface area contributed by atoms with Gasteiger partial charge in [-0.25, -0.2) is 0 Å². The molecule has 0 aliphatic heterocycles. The minimum atomic E-state index is -4.37. The third-order valence-electron chi connectivity index (χ3n) is 2.88. The summed E-state index contributed by atoms with van der Waals surface area (Å²) < 4.78 is 43.2. The van der Waals surface area contributed by atoms with Gasteiger partial charge in [-0.3, -0.25) is 0 Å². The van der Waals surface area contributed by atoms with Crippen LogP contribution in [0, 0.1) is 6.92 Å². The Hall–Kier alpha value is -2.08. The Morgan fingerprint density at radius 2 is 1.71 bits per heavy atom. The summed E-state index contributed by atoms with van der Waals surface area (Å²) in [6.45, 7) is 1.81. The summed E-state index contributed by atoms with van der Waals surface area (Å²) in [4.78, 5) is 0.167. The first kappa shape index (κ1) is 15.3. The monoisotopic (exact) mass is 311 g/mol. The van der Waals surface area contributed by atoms with E-state index >= 15 is 0 Å². The normalized spacial score (nSPS) is 11.2. The van der Waals surface area contributed by atoms with Gasteiger partial charge in [0, 0.05) is 0 Å². The van der Waals surface area contributed by atoms with Crippen LogP contribution in [0.2, 0.25) is 0 Å². The molecule has 0 aliphatic rings. The van der Waals surface area contributed by atoms with E-state index in [4.69, 9.17) is 22.7 Å². The lowest BCUT2D eigenvalue weighted by Gasteiger charge is -2.14. The molecule has 0 saturated carbocycles. The van der Waals surface area contributed by atoms with Gasteiger partial charge in [-0.15, -0.1) is 0 Å². The second-order valence-electron chi connectivity index (χ2n) is 4.44. The first-order valence-electron chi connectivity index (χ1n) is 6.03. The highest BCUT2D eigenvalue weighted by molar-refractivity contribution is 7.80. The molecular weight excluding hydrogens is 299 g/mol. The molecule has 0 aromatic heterocycles. The third kappa shape index (κ3) is 3.52. The number of halogens is 3. The molecule has 110 valence electrons. The van der Waals surface area contributed by atoms with E-state index in [0.717, 1.165) is 17.7 Å². The molecule has 0 spiro atoms. The lowest BCUT2D eigenvalue weighted by molar-refractivity contribution is -0.137. The topological polar surface area (TPSA) is 35.2 Å². The van der Waals surface area contributed by atoms with Crippen LogP contribution in [0.15, 0.2) is 42.5 Å². The van der Waals surface area contributed by atoms with E-state index in [1.165, 1.54) is 12.1 Å². The van der Waals surface area contributed by atoms with Crippen LogP contribution in [0.3, 0.4) is 0 Å². The second-order valence-corrected chi connectivity index (χ2v) is 4.88. The zero-order valence-corrected chi connectivity index (χ0v) is 11.9. The molecule has 0 atom stereocenters. The lowest BCUT2D eigenvalue weighted by atomic mass is 10.1. The Morgan fingerprint density at radius 1 is 1.10 bits per heavy atom. The number of thiocarbonyl (C=S) groups is 1. The van der Waals surface area contributed by atoms with Crippen LogP contribution in [0.5, 0.6) is 11.5 Å².